The third-order valence-corrected chi connectivity index (χ3v) is 3.15. The fourth-order valence-electron chi connectivity index (χ4n) is 1.58. The highest BCUT2D eigenvalue weighted by atomic mass is 79.9. The Morgan fingerprint density at radius 2 is 1.90 bits per heavy atom. The number of nitro groups is 1. The van der Waals surface area contributed by atoms with Gasteiger partial charge in [-0.25, -0.2) is 4.39 Å². The van der Waals surface area contributed by atoms with E-state index in [-0.39, 0.29) is 23.6 Å². The smallest absolute Gasteiger partial charge is 0.269 e. The summed E-state index contributed by atoms with van der Waals surface area (Å²) in [5.74, 6) is -1.02. The Balaban J connectivity index is 2.04. The minimum absolute atomic E-state index is 0.0420. The van der Waals surface area contributed by atoms with Gasteiger partial charge in [0.15, 0.2) is 24.0 Å². The molecule has 0 radical (unpaired) electrons. The Morgan fingerprint density at radius 3 is 2.52 bits per heavy atom. The zero-order valence-corrected chi connectivity index (χ0v) is 12.2. The van der Waals surface area contributed by atoms with Crippen molar-refractivity contribution in [1.29, 1.82) is 0 Å². The van der Waals surface area contributed by atoms with Gasteiger partial charge in [-0.1, -0.05) is 15.9 Å². The first kappa shape index (κ1) is 15.1. The lowest BCUT2D eigenvalue weighted by Gasteiger charge is -2.07. The summed E-state index contributed by atoms with van der Waals surface area (Å²) >= 11 is 3.17. The van der Waals surface area contributed by atoms with Gasteiger partial charge in [-0.05, 0) is 30.3 Å². The van der Waals surface area contributed by atoms with Gasteiger partial charge in [0.05, 0.1) is 4.92 Å². The van der Waals surface area contributed by atoms with Crippen LogP contribution < -0.4 is 4.74 Å². The summed E-state index contributed by atoms with van der Waals surface area (Å²) in [7, 11) is 0. The topological polar surface area (TPSA) is 69.4 Å². The second kappa shape index (κ2) is 6.45. The van der Waals surface area contributed by atoms with E-state index in [2.05, 4.69) is 15.9 Å². The van der Waals surface area contributed by atoms with Crippen molar-refractivity contribution >= 4 is 27.4 Å². The van der Waals surface area contributed by atoms with Crippen LogP contribution in [0.15, 0.2) is 46.9 Å². The van der Waals surface area contributed by atoms with Gasteiger partial charge in [-0.3, -0.25) is 14.9 Å². The number of hydrogen-bond acceptors (Lipinski definition) is 4. The lowest BCUT2D eigenvalue weighted by atomic mass is 10.1. The van der Waals surface area contributed by atoms with Gasteiger partial charge >= 0.3 is 0 Å². The van der Waals surface area contributed by atoms with E-state index in [1.165, 1.54) is 42.5 Å². The van der Waals surface area contributed by atoms with E-state index in [1.54, 1.807) is 0 Å². The molecule has 21 heavy (non-hydrogen) atoms. The molecule has 0 spiro atoms. The maximum Gasteiger partial charge on any atom is 0.269 e. The number of rotatable bonds is 5. The molecule has 0 aromatic heterocycles. The molecule has 7 heteroatoms. The van der Waals surface area contributed by atoms with Crippen molar-refractivity contribution in [3.05, 3.63) is 68.4 Å². The highest BCUT2D eigenvalue weighted by Crippen LogP contribution is 2.22. The molecule has 2 aromatic rings. The Hall–Kier alpha value is -2.28. The number of Topliss-reactive ketones (excluding diaryl/α,β-unsaturated/α-hetero) is 1. The zero-order valence-electron chi connectivity index (χ0n) is 10.6. The van der Waals surface area contributed by atoms with Crippen molar-refractivity contribution in [1.82, 2.24) is 0 Å². The van der Waals surface area contributed by atoms with Crippen LogP contribution in [0.2, 0.25) is 0 Å². The van der Waals surface area contributed by atoms with Gasteiger partial charge in [0.1, 0.15) is 0 Å². The highest BCUT2D eigenvalue weighted by molar-refractivity contribution is 9.10. The molecule has 0 N–H and O–H groups in total. The second-order valence-corrected chi connectivity index (χ2v) is 5.01. The average Bonchev–Trinajstić information content (AvgIpc) is 2.48. The summed E-state index contributed by atoms with van der Waals surface area (Å²) in [4.78, 5) is 21.8. The van der Waals surface area contributed by atoms with Crippen LogP contribution in [-0.4, -0.2) is 17.3 Å². The van der Waals surface area contributed by atoms with Crippen molar-refractivity contribution in [2.24, 2.45) is 0 Å². The maximum absolute atomic E-state index is 13.4. The van der Waals surface area contributed by atoms with Gasteiger partial charge in [0, 0.05) is 22.2 Å². The molecular formula is C14H9BrFNO4. The summed E-state index contributed by atoms with van der Waals surface area (Å²) in [5.41, 5.74) is 0.154. The van der Waals surface area contributed by atoms with Gasteiger partial charge in [0.25, 0.3) is 5.69 Å². The molecule has 0 aliphatic rings. The Bertz CT molecular complexity index is 688. The summed E-state index contributed by atoms with van der Waals surface area (Å²) < 4.78 is 19.2. The van der Waals surface area contributed by atoms with E-state index in [4.69, 9.17) is 4.74 Å². The SMILES string of the molecule is O=C(COc1cc(Br)ccc1F)c1ccc([N+](=O)[O-])cc1. The van der Waals surface area contributed by atoms with E-state index in [9.17, 15) is 19.3 Å². The number of halogens is 2. The molecule has 0 saturated heterocycles. The molecule has 0 atom stereocenters. The van der Waals surface area contributed by atoms with Crippen molar-refractivity contribution in [3.8, 4) is 5.75 Å². The van der Waals surface area contributed by atoms with E-state index >= 15 is 0 Å². The lowest BCUT2D eigenvalue weighted by Crippen LogP contribution is -2.12. The maximum atomic E-state index is 13.4. The Morgan fingerprint density at radius 1 is 1.24 bits per heavy atom. The highest BCUT2D eigenvalue weighted by Gasteiger charge is 2.12. The van der Waals surface area contributed by atoms with Crippen LogP contribution >= 0.6 is 15.9 Å². The van der Waals surface area contributed by atoms with Gasteiger partial charge in [-0.15, -0.1) is 0 Å². The number of nitrogens with zero attached hydrogens (tertiary/aromatic N) is 1. The van der Waals surface area contributed by atoms with Crippen LogP contribution in [0.4, 0.5) is 10.1 Å². The molecule has 2 rings (SSSR count). The number of carbonyl (C=O) groups is 1. The molecule has 5 nitrogen and oxygen atoms in total. The van der Waals surface area contributed by atoms with Gasteiger partial charge in [-0.2, -0.15) is 0 Å². The van der Waals surface area contributed by atoms with Crippen molar-refractivity contribution in [2.45, 2.75) is 0 Å². The van der Waals surface area contributed by atoms with E-state index in [1.807, 2.05) is 0 Å². The first-order chi connectivity index (χ1) is 9.97. The van der Waals surface area contributed by atoms with Crippen molar-refractivity contribution in [3.63, 3.8) is 0 Å². The molecule has 0 bridgehead atoms. The molecule has 0 unspecified atom stereocenters. The summed E-state index contributed by atoms with van der Waals surface area (Å²) in [6, 6.07) is 9.27. The molecule has 0 amide bonds. The predicted octanol–water partition coefficient (Wildman–Crippen LogP) is 3.76. The first-order valence-corrected chi connectivity index (χ1v) is 6.62. The zero-order chi connectivity index (χ0) is 15.4. The third kappa shape index (κ3) is 3.85. The second-order valence-electron chi connectivity index (χ2n) is 4.09. The summed E-state index contributed by atoms with van der Waals surface area (Å²) in [5, 5.41) is 10.5. The molecule has 0 aliphatic carbocycles. The number of nitro benzene ring substituents is 1. The minimum Gasteiger partial charge on any atom is -0.482 e. The summed E-state index contributed by atoms with van der Waals surface area (Å²) in [6.45, 7) is -0.356. The fraction of sp³-hybridized carbons (Fsp3) is 0.0714. The van der Waals surface area contributed by atoms with Crippen molar-refractivity contribution in [2.75, 3.05) is 6.61 Å². The third-order valence-electron chi connectivity index (χ3n) is 2.65. The largest absolute Gasteiger partial charge is 0.482 e. The molecule has 0 fully saturated rings. The Kier molecular flexibility index (Phi) is 4.64. The number of ketones is 1. The van der Waals surface area contributed by atoms with Crippen LogP contribution in [0.25, 0.3) is 0 Å². The van der Waals surface area contributed by atoms with E-state index in [0.717, 1.165) is 0 Å². The molecule has 0 aliphatic heterocycles. The monoisotopic (exact) mass is 353 g/mol. The number of ether oxygens (including phenoxy) is 1. The van der Waals surface area contributed by atoms with Crippen LogP contribution in [0.1, 0.15) is 10.4 Å². The Labute approximate surface area is 127 Å². The standard InChI is InChI=1S/C14H9BrFNO4/c15-10-3-6-12(16)14(7-10)21-8-13(18)9-1-4-11(5-2-9)17(19)20/h1-7H,8H2. The molecule has 0 saturated carbocycles. The van der Waals surface area contributed by atoms with Crippen LogP contribution in [0, 0.1) is 15.9 Å². The average molecular weight is 354 g/mol. The number of hydrogen-bond donors (Lipinski definition) is 0. The van der Waals surface area contributed by atoms with Crippen LogP contribution in [-0.2, 0) is 0 Å². The molecule has 108 valence electrons. The van der Waals surface area contributed by atoms with Gasteiger partial charge < -0.3 is 4.74 Å². The number of non-ortho nitro benzene ring substituents is 1. The van der Waals surface area contributed by atoms with E-state index < -0.39 is 16.5 Å². The predicted molar refractivity (Wildman–Crippen MR) is 77.0 cm³/mol. The van der Waals surface area contributed by atoms with Gasteiger partial charge in [0.2, 0.25) is 0 Å². The normalized spacial score (nSPS) is 10.2. The van der Waals surface area contributed by atoms with Crippen molar-refractivity contribution < 1.29 is 18.8 Å². The molecule has 0 heterocycles. The van der Waals surface area contributed by atoms with E-state index in [0.29, 0.717) is 4.47 Å². The van der Waals surface area contributed by atoms with Crippen LogP contribution in [0.5, 0.6) is 5.75 Å². The first-order valence-electron chi connectivity index (χ1n) is 5.83. The fourth-order valence-corrected chi connectivity index (χ4v) is 1.92. The number of carbonyl (C=O) groups excluding carboxylic acids is 1. The minimum atomic E-state index is -0.574. The summed E-state index contributed by atoms with van der Waals surface area (Å²) in [6.07, 6.45) is 0. The molecule has 2 aromatic carbocycles. The lowest BCUT2D eigenvalue weighted by molar-refractivity contribution is -0.384. The molecular weight excluding hydrogens is 345 g/mol. The quantitative estimate of drug-likeness (QED) is 0.466. The van der Waals surface area contributed by atoms with Crippen LogP contribution in [0.3, 0.4) is 0 Å². The number of benzene rings is 2.